The van der Waals surface area contributed by atoms with Crippen molar-refractivity contribution in [2.24, 2.45) is 0 Å². The van der Waals surface area contributed by atoms with E-state index in [-0.39, 0.29) is 0 Å². The predicted octanol–water partition coefficient (Wildman–Crippen LogP) is 0.539. The minimum atomic E-state index is -0.902. The molecule has 0 heterocycles. The van der Waals surface area contributed by atoms with E-state index in [4.69, 9.17) is 0 Å². The highest BCUT2D eigenvalue weighted by Crippen LogP contribution is 2.23. The van der Waals surface area contributed by atoms with Crippen LogP contribution in [0.15, 0.2) is 48.5 Å². The molecule has 2 aromatic rings. The Morgan fingerprint density at radius 3 is 1.20 bits per heavy atom. The summed E-state index contributed by atoms with van der Waals surface area (Å²) >= 11 is -0.397. The van der Waals surface area contributed by atoms with Crippen LogP contribution in [0.1, 0.15) is 38.8 Å². The van der Waals surface area contributed by atoms with Gasteiger partial charge in [-0.3, -0.25) is 9.59 Å². The highest BCUT2D eigenvalue weighted by atomic mass is 127. The first-order valence-electron chi connectivity index (χ1n) is 7.88. The van der Waals surface area contributed by atoms with Gasteiger partial charge in [-0.05, 0) is 63.1 Å². The first-order valence-corrected chi connectivity index (χ1v) is 10.0. The molecule has 0 aliphatic carbocycles. The zero-order chi connectivity index (χ0) is 18.8. The van der Waals surface area contributed by atoms with Crippen LogP contribution in [0.25, 0.3) is 0 Å². The average Bonchev–Trinajstić information content (AvgIpc) is 2.55. The number of aliphatic carboxylic acids is 2. The molecule has 2 aromatic carbocycles. The summed E-state index contributed by atoms with van der Waals surface area (Å²) in [6, 6.07) is 15.5. The number of benzene rings is 2. The van der Waals surface area contributed by atoms with Crippen LogP contribution >= 0.6 is 0 Å². The SMILES string of the molecule is CC(C)(C(=O)O)c1ccc([I+]c2ccc(C(C)(C)C(=O)O)cc2)cc1. The van der Waals surface area contributed by atoms with Crippen molar-refractivity contribution >= 4 is 11.9 Å². The van der Waals surface area contributed by atoms with Crippen LogP contribution < -0.4 is 21.2 Å². The summed E-state index contributed by atoms with van der Waals surface area (Å²) in [5.74, 6) is -1.68. The molecule has 132 valence electrons. The maximum atomic E-state index is 11.3. The van der Waals surface area contributed by atoms with Gasteiger partial charge in [0, 0.05) is 0 Å². The first-order chi connectivity index (χ1) is 11.5. The Balaban J connectivity index is 2.15. The lowest BCUT2D eigenvalue weighted by molar-refractivity contribution is -0.597. The van der Waals surface area contributed by atoms with Gasteiger partial charge in [-0.15, -0.1) is 0 Å². The van der Waals surface area contributed by atoms with Crippen LogP contribution in [0.3, 0.4) is 0 Å². The molecule has 0 fully saturated rings. The van der Waals surface area contributed by atoms with E-state index in [0.717, 1.165) is 11.1 Å². The van der Waals surface area contributed by atoms with Crippen molar-refractivity contribution in [2.45, 2.75) is 38.5 Å². The summed E-state index contributed by atoms with van der Waals surface area (Å²) in [7, 11) is 0. The van der Waals surface area contributed by atoms with E-state index < -0.39 is 44.0 Å². The summed E-state index contributed by atoms with van der Waals surface area (Å²) < 4.78 is 2.38. The van der Waals surface area contributed by atoms with Crippen LogP contribution in [0, 0.1) is 7.14 Å². The normalized spacial score (nSPS) is 12.0. The van der Waals surface area contributed by atoms with Gasteiger partial charge in [0.25, 0.3) is 0 Å². The Morgan fingerprint density at radius 2 is 0.960 bits per heavy atom. The molecule has 0 bridgehead atoms. The van der Waals surface area contributed by atoms with Gasteiger partial charge in [0.05, 0.1) is 10.8 Å². The lowest BCUT2D eigenvalue weighted by Gasteiger charge is -2.19. The number of hydrogen-bond acceptors (Lipinski definition) is 2. The molecule has 0 atom stereocenters. The predicted molar refractivity (Wildman–Crippen MR) is 91.6 cm³/mol. The van der Waals surface area contributed by atoms with Gasteiger partial charge in [-0.1, -0.05) is 24.3 Å². The maximum absolute atomic E-state index is 11.3. The topological polar surface area (TPSA) is 74.6 Å². The number of carboxylic acids is 2. The highest BCUT2D eigenvalue weighted by Gasteiger charge is 2.31. The molecule has 0 saturated heterocycles. The number of carbonyl (C=O) groups is 2. The Kier molecular flexibility index (Phi) is 5.56. The smallest absolute Gasteiger partial charge is 0.357 e. The molecule has 0 amide bonds. The van der Waals surface area contributed by atoms with Gasteiger partial charge in [0.15, 0.2) is 7.14 Å². The number of carboxylic acid groups (broad SMARTS) is 2. The van der Waals surface area contributed by atoms with Gasteiger partial charge in [0.1, 0.15) is 0 Å². The second kappa shape index (κ2) is 7.15. The molecule has 0 unspecified atom stereocenters. The molecule has 0 aliphatic rings. The van der Waals surface area contributed by atoms with Gasteiger partial charge < -0.3 is 10.2 Å². The minimum absolute atomic E-state index is 0.397. The monoisotopic (exact) mass is 453 g/mol. The third-order valence-corrected chi connectivity index (χ3v) is 7.10. The summed E-state index contributed by atoms with van der Waals surface area (Å²) in [6.07, 6.45) is 0. The molecular weight excluding hydrogens is 431 g/mol. The fourth-order valence-corrected chi connectivity index (χ4v) is 4.39. The molecule has 0 saturated carbocycles. The summed E-state index contributed by atoms with van der Waals surface area (Å²) in [5, 5.41) is 18.6. The molecular formula is C20H22IO4+. The van der Waals surface area contributed by atoms with Crippen LogP contribution in [0.5, 0.6) is 0 Å². The molecule has 25 heavy (non-hydrogen) atoms. The Bertz CT molecular complexity index is 707. The van der Waals surface area contributed by atoms with Crippen LogP contribution in [-0.2, 0) is 20.4 Å². The fourth-order valence-electron chi connectivity index (χ4n) is 2.23. The highest BCUT2D eigenvalue weighted by molar-refractivity contribution is 5.80. The van der Waals surface area contributed by atoms with Crippen molar-refractivity contribution < 1.29 is 41.0 Å². The third kappa shape index (κ3) is 4.21. The molecule has 0 radical (unpaired) electrons. The van der Waals surface area contributed by atoms with Gasteiger partial charge in [-0.25, -0.2) is 0 Å². The van der Waals surface area contributed by atoms with E-state index in [1.807, 2.05) is 48.5 Å². The van der Waals surface area contributed by atoms with E-state index in [9.17, 15) is 19.8 Å². The van der Waals surface area contributed by atoms with Crippen molar-refractivity contribution in [3.05, 3.63) is 66.8 Å². The Morgan fingerprint density at radius 1 is 0.680 bits per heavy atom. The van der Waals surface area contributed by atoms with Crippen molar-refractivity contribution in [1.29, 1.82) is 0 Å². The number of halogens is 1. The molecule has 0 aromatic heterocycles. The molecule has 4 nitrogen and oxygen atoms in total. The van der Waals surface area contributed by atoms with E-state index in [1.54, 1.807) is 27.7 Å². The van der Waals surface area contributed by atoms with Crippen molar-refractivity contribution in [2.75, 3.05) is 0 Å². The van der Waals surface area contributed by atoms with Crippen LogP contribution in [-0.4, -0.2) is 22.2 Å². The second-order valence-corrected chi connectivity index (χ2v) is 10.00. The zero-order valence-corrected chi connectivity index (χ0v) is 16.9. The summed E-state index contributed by atoms with van der Waals surface area (Å²) in [6.45, 7) is 6.79. The van der Waals surface area contributed by atoms with E-state index in [0.29, 0.717) is 0 Å². The molecule has 2 N–H and O–H groups in total. The minimum Gasteiger partial charge on any atom is -0.481 e. The maximum Gasteiger partial charge on any atom is 0.357 e. The van der Waals surface area contributed by atoms with Gasteiger partial charge in [-0.2, -0.15) is 0 Å². The summed E-state index contributed by atoms with van der Waals surface area (Å²) in [5.41, 5.74) is -0.236. The second-order valence-electron chi connectivity index (χ2n) is 6.97. The van der Waals surface area contributed by atoms with Crippen molar-refractivity contribution in [3.8, 4) is 0 Å². The quantitative estimate of drug-likeness (QED) is 0.627. The lowest BCUT2D eigenvalue weighted by Crippen LogP contribution is -3.61. The number of hydrogen-bond donors (Lipinski definition) is 2. The van der Waals surface area contributed by atoms with E-state index in [2.05, 4.69) is 0 Å². The Labute approximate surface area is 158 Å². The van der Waals surface area contributed by atoms with Crippen molar-refractivity contribution in [3.63, 3.8) is 0 Å². The van der Waals surface area contributed by atoms with Crippen molar-refractivity contribution in [1.82, 2.24) is 0 Å². The Hall–Kier alpha value is -1.89. The first kappa shape index (κ1) is 19.4. The zero-order valence-electron chi connectivity index (χ0n) is 14.7. The van der Waals surface area contributed by atoms with Gasteiger partial charge >= 0.3 is 33.1 Å². The van der Waals surface area contributed by atoms with Crippen LogP contribution in [0.2, 0.25) is 0 Å². The number of rotatable bonds is 6. The fraction of sp³-hybridized carbons (Fsp3) is 0.300. The van der Waals surface area contributed by atoms with Gasteiger partial charge in [0.2, 0.25) is 0 Å². The molecule has 2 rings (SSSR count). The molecule has 0 spiro atoms. The van der Waals surface area contributed by atoms with E-state index in [1.165, 1.54) is 7.14 Å². The lowest BCUT2D eigenvalue weighted by atomic mass is 9.85. The standard InChI is InChI=1S/C20H21IO4/c1-19(2,17(22)23)13-5-9-15(10-6-13)21-16-11-7-14(8-12-16)20(3,4)18(24)25/h5-12H,1-4H3,(H-,22,23,24,25)/p+1. The van der Waals surface area contributed by atoms with E-state index >= 15 is 0 Å². The third-order valence-electron chi connectivity index (χ3n) is 4.42. The van der Waals surface area contributed by atoms with Crippen LogP contribution in [0.4, 0.5) is 0 Å². The average molecular weight is 453 g/mol. The largest absolute Gasteiger partial charge is 0.481 e. The molecule has 0 aliphatic heterocycles. The molecule has 5 heteroatoms. The summed E-state index contributed by atoms with van der Waals surface area (Å²) in [4.78, 5) is 22.6.